The summed E-state index contributed by atoms with van der Waals surface area (Å²) in [7, 11) is 0. The van der Waals surface area contributed by atoms with E-state index in [1.807, 2.05) is 36.6 Å². The van der Waals surface area contributed by atoms with Crippen LogP contribution in [0.1, 0.15) is 18.4 Å². The first-order valence-electron chi connectivity index (χ1n) is 6.45. The maximum absolute atomic E-state index is 11.1. The molecule has 6 heteroatoms. The standard InChI is InChI=1S/C15H19NO4S/c1-21-12-7-5-10(6-8-12)3-2-4-11(14(17)18)9-13(16)15(19)20/h2-3,5-8,11,13H,4,9,16H2,1H3,(H,17,18)(H,19,20)/b3-2+/t11-,13+/m1/s1. The average Bonchev–Trinajstić information content (AvgIpc) is 2.46. The van der Waals surface area contributed by atoms with Gasteiger partial charge in [-0.3, -0.25) is 9.59 Å². The summed E-state index contributed by atoms with van der Waals surface area (Å²) >= 11 is 1.65. The number of carboxylic acids is 2. The van der Waals surface area contributed by atoms with Gasteiger partial charge in [0.1, 0.15) is 6.04 Å². The molecule has 0 aliphatic heterocycles. The fourth-order valence-corrected chi connectivity index (χ4v) is 2.20. The first kappa shape index (κ1) is 17.3. The molecule has 1 rings (SSSR count). The van der Waals surface area contributed by atoms with Crippen molar-refractivity contribution in [1.82, 2.24) is 0 Å². The average molecular weight is 309 g/mol. The van der Waals surface area contributed by atoms with Gasteiger partial charge in [0.05, 0.1) is 5.92 Å². The van der Waals surface area contributed by atoms with E-state index in [-0.39, 0.29) is 12.8 Å². The lowest BCUT2D eigenvalue weighted by molar-refractivity contribution is -0.143. The zero-order valence-electron chi connectivity index (χ0n) is 11.7. The van der Waals surface area contributed by atoms with Crippen molar-refractivity contribution in [3.63, 3.8) is 0 Å². The van der Waals surface area contributed by atoms with Gasteiger partial charge in [0.15, 0.2) is 0 Å². The Kier molecular flexibility index (Phi) is 6.98. The Morgan fingerprint density at radius 2 is 1.86 bits per heavy atom. The lowest BCUT2D eigenvalue weighted by Gasteiger charge is -2.12. The molecule has 0 fully saturated rings. The van der Waals surface area contributed by atoms with Gasteiger partial charge in [0.25, 0.3) is 0 Å². The van der Waals surface area contributed by atoms with E-state index in [9.17, 15) is 9.59 Å². The Morgan fingerprint density at radius 1 is 1.24 bits per heavy atom. The predicted octanol–water partition coefficient (Wildman–Crippen LogP) is 2.31. The number of benzene rings is 1. The summed E-state index contributed by atoms with van der Waals surface area (Å²) in [5.41, 5.74) is 6.35. The van der Waals surface area contributed by atoms with Crippen LogP contribution in [0.15, 0.2) is 35.2 Å². The number of rotatable bonds is 8. The Bertz CT molecular complexity index is 513. The lowest BCUT2D eigenvalue weighted by Crippen LogP contribution is -2.34. The van der Waals surface area contributed by atoms with E-state index in [0.29, 0.717) is 0 Å². The van der Waals surface area contributed by atoms with Gasteiger partial charge in [-0.15, -0.1) is 11.8 Å². The zero-order chi connectivity index (χ0) is 15.8. The van der Waals surface area contributed by atoms with Crippen molar-refractivity contribution >= 4 is 29.8 Å². The van der Waals surface area contributed by atoms with Crippen molar-refractivity contribution in [2.75, 3.05) is 6.26 Å². The molecule has 1 aromatic rings. The van der Waals surface area contributed by atoms with Gasteiger partial charge >= 0.3 is 11.9 Å². The quantitative estimate of drug-likeness (QED) is 0.637. The van der Waals surface area contributed by atoms with Crippen molar-refractivity contribution < 1.29 is 19.8 Å². The Morgan fingerprint density at radius 3 is 2.33 bits per heavy atom. The van der Waals surface area contributed by atoms with Crippen LogP contribution in [0.4, 0.5) is 0 Å². The maximum Gasteiger partial charge on any atom is 0.320 e. The van der Waals surface area contributed by atoms with E-state index in [4.69, 9.17) is 15.9 Å². The van der Waals surface area contributed by atoms with Crippen LogP contribution >= 0.6 is 11.8 Å². The first-order chi connectivity index (χ1) is 9.93. The number of allylic oxidation sites excluding steroid dienone is 1. The molecule has 0 aliphatic rings. The summed E-state index contributed by atoms with van der Waals surface area (Å²) in [6.07, 6.45) is 5.72. The van der Waals surface area contributed by atoms with E-state index >= 15 is 0 Å². The SMILES string of the molecule is CSc1ccc(/C=C/C[C@H](C[C@H](N)C(=O)O)C(=O)O)cc1. The molecule has 0 radical (unpaired) electrons. The second-order valence-electron chi connectivity index (χ2n) is 4.63. The molecule has 0 bridgehead atoms. The van der Waals surface area contributed by atoms with Crippen molar-refractivity contribution in [1.29, 1.82) is 0 Å². The molecule has 4 N–H and O–H groups in total. The molecule has 0 aromatic heterocycles. The smallest absolute Gasteiger partial charge is 0.320 e. The van der Waals surface area contributed by atoms with Gasteiger partial charge in [0, 0.05) is 4.90 Å². The molecule has 0 spiro atoms. The van der Waals surface area contributed by atoms with Crippen LogP contribution in [-0.4, -0.2) is 34.4 Å². The molecule has 2 atom stereocenters. The normalized spacial score (nSPS) is 14.0. The van der Waals surface area contributed by atoms with Gasteiger partial charge in [-0.25, -0.2) is 0 Å². The summed E-state index contributed by atoms with van der Waals surface area (Å²) in [5.74, 6) is -3.01. The zero-order valence-corrected chi connectivity index (χ0v) is 12.5. The highest BCUT2D eigenvalue weighted by Gasteiger charge is 2.23. The highest BCUT2D eigenvalue weighted by Crippen LogP contribution is 2.17. The summed E-state index contributed by atoms with van der Waals surface area (Å²) < 4.78 is 0. The number of hydrogen-bond acceptors (Lipinski definition) is 4. The second-order valence-corrected chi connectivity index (χ2v) is 5.51. The molecule has 0 saturated heterocycles. The molecule has 0 saturated carbocycles. The van der Waals surface area contributed by atoms with Gasteiger partial charge < -0.3 is 15.9 Å². The summed E-state index contributed by atoms with van der Waals surface area (Å²) in [4.78, 5) is 22.9. The monoisotopic (exact) mass is 309 g/mol. The van der Waals surface area contributed by atoms with Gasteiger partial charge in [-0.05, 0) is 36.8 Å². The molecule has 1 aromatic carbocycles. The van der Waals surface area contributed by atoms with Gasteiger partial charge in [-0.2, -0.15) is 0 Å². The maximum atomic E-state index is 11.1. The molecular formula is C15H19NO4S. The lowest BCUT2D eigenvalue weighted by atomic mass is 9.96. The minimum atomic E-state index is -1.18. The number of carboxylic acid groups (broad SMARTS) is 2. The molecule has 0 amide bonds. The molecule has 21 heavy (non-hydrogen) atoms. The van der Waals surface area contributed by atoms with Gasteiger partial charge in [-0.1, -0.05) is 24.3 Å². The van der Waals surface area contributed by atoms with Crippen molar-refractivity contribution in [3.05, 3.63) is 35.9 Å². The van der Waals surface area contributed by atoms with Crippen LogP contribution in [0, 0.1) is 5.92 Å². The van der Waals surface area contributed by atoms with Gasteiger partial charge in [0.2, 0.25) is 0 Å². The number of hydrogen-bond donors (Lipinski definition) is 3. The predicted molar refractivity (Wildman–Crippen MR) is 83.2 cm³/mol. The third-order valence-corrected chi connectivity index (χ3v) is 3.80. The summed E-state index contributed by atoms with van der Waals surface area (Å²) in [5, 5.41) is 17.8. The second kappa shape index (κ2) is 8.49. The highest BCUT2D eigenvalue weighted by molar-refractivity contribution is 7.98. The molecule has 114 valence electrons. The van der Waals surface area contributed by atoms with Crippen molar-refractivity contribution in [2.45, 2.75) is 23.8 Å². The fourth-order valence-electron chi connectivity index (χ4n) is 1.79. The van der Waals surface area contributed by atoms with E-state index in [0.717, 1.165) is 10.5 Å². The molecular weight excluding hydrogens is 290 g/mol. The number of aliphatic carboxylic acids is 2. The van der Waals surface area contributed by atoms with Crippen LogP contribution in [-0.2, 0) is 9.59 Å². The van der Waals surface area contributed by atoms with Crippen molar-refractivity contribution in [3.8, 4) is 0 Å². The Labute approximate surface area is 127 Å². The van der Waals surface area contributed by atoms with Crippen LogP contribution in [0.5, 0.6) is 0 Å². The number of thioether (sulfide) groups is 1. The molecule has 0 unspecified atom stereocenters. The summed E-state index contributed by atoms with van der Waals surface area (Å²) in [6, 6.07) is 6.71. The Balaban J connectivity index is 2.61. The first-order valence-corrected chi connectivity index (χ1v) is 7.68. The van der Waals surface area contributed by atoms with Crippen molar-refractivity contribution in [2.24, 2.45) is 11.7 Å². The number of nitrogens with two attached hydrogens (primary N) is 1. The Hall–Kier alpha value is -1.79. The fraction of sp³-hybridized carbons (Fsp3) is 0.333. The van der Waals surface area contributed by atoms with E-state index in [1.165, 1.54) is 0 Å². The summed E-state index contributed by atoms with van der Waals surface area (Å²) in [6.45, 7) is 0. The van der Waals surface area contributed by atoms with E-state index in [1.54, 1.807) is 17.8 Å². The van der Waals surface area contributed by atoms with Crippen LogP contribution in [0.3, 0.4) is 0 Å². The molecule has 5 nitrogen and oxygen atoms in total. The van der Waals surface area contributed by atoms with Crippen LogP contribution in [0.25, 0.3) is 6.08 Å². The minimum Gasteiger partial charge on any atom is -0.481 e. The highest BCUT2D eigenvalue weighted by atomic mass is 32.2. The van der Waals surface area contributed by atoms with E-state index < -0.39 is 23.9 Å². The third kappa shape index (κ3) is 6.01. The minimum absolute atomic E-state index is 0.0829. The third-order valence-electron chi connectivity index (χ3n) is 3.05. The number of carbonyl (C=O) groups is 2. The van der Waals surface area contributed by atoms with E-state index in [2.05, 4.69) is 0 Å². The largest absolute Gasteiger partial charge is 0.481 e. The van der Waals surface area contributed by atoms with Crippen LogP contribution < -0.4 is 5.73 Å². The van der Waals surface area contributed by atoms with Crippen LogP contribution in [0.2, 0.25) is 0 Å². The topological polar surface area (TPSA) is 101 Å². The molecule has 0 heterocycles. The molecule has 0 aliphatic carbocycles.